The predicted molar refractivity (Wildman–Crippen MR) is 77.8 cm³/mol. The molecule has 3 aliphatic rings. The number of rotatable bonds is 3. The lowest BCUT2D eigenvalue weighted by Gasteiger charge is -2.60. The van der Waals surface area contributed by atoms with Gasteiger partial charge in [0.25, 0.3) is 0 Å². The number of hydrogen-bond donors (Lipinski definition) is 1. The summed E-state index contributed by atoms with van der Waals surface area (Å²) in [6.45, 7) is 8.25. The fourth-order valence-corrected chi connectivity index (χ4v) is 4.13. The summed E-state index contributed by atoms with van der Waals surface area (Å²) >= 11 is 0. The lowest BCUT2D eigenvalue weighted by atomic mass is 9.45. The highest BCUT2D eigenvalue weighted by molar-refractivity contribution is 5.44. The van der Waals surface area contributed by atoms with Gasteiger partial charge in [0.15, 0.2) is 0 Å². The first-order valence-corrected chi connectivity index (χ1v) is 7.38. The van der Waals surface area contributed by atoms with Gasteiger partial charge in [-0.05, 0) is 61.5 Å². The second-order valence-electron chi connectivity index (χ2n) is 6.94. The zero-order valence-electron chi connectivity index (χ0n) is 11.9. The summed E-state index contributed by atoms with van der Waals surface area (Å²) < 4.78 is 0. The Labute approximate surface area is 111 Å². The minimum Gasteiger partial charge on any atom is -0.385 e. The summed E-state index contributed by atoms with van der Waals surface area (Å²) in [5, 5.41) is 3.63. The SMILES string of the molecule is Cc1ccc(NCC2CCC3CC2C3(C)C)cc1. The second-order valence-corrected chi connectivity index (χ2v) is 6.94. The van der Waals surface area contributed by atoms with E-state index in [0.717, 1.165) is 24.3 Å². The van der Waals surface area contributed by atoms with Gasteiger partial charge in [0.2, 0.25) is 0 Å². The zero-order chi connectivity index (χ0) is 12.8. The lowest BCUT2D eigenvalue weighted by Crippen LogP contribution is -2.53. The molecule has 1 N–H and O–H groups in total. The van der Waals surface area contributed by atoms with Gasteiger partial charge in [0, 0.05) is 12.2 Å². The maximum Gasteiger partial charge on any atom is 0.0340 e. The van der Waals surface area contributed by atoms with Crippen LogP contribution in [0.5, 0.6) is 0 Å². The normalized spacial score (nSPS) is 32.7. The van der Waals surface area contributed by atoms with Crippen molar-refractivity contribution in [2.45, 2.75) is 40.0 Å². The molecule has 2 bridgehead atoms. The first-order valence-electron chi connectivity index (χ1n) is 7.38. The number of hydrogen-bond acceptors (Lipinski definition) is 1. The molecule has 0 spiro atoms. The largest absolute Gasteiger partial charge is 0.385 e. The van der Waals surface area contributed by atoms with Gasteiger partial charge in [-0.25, -0.2) is 0 Å². The van der Waals surface area contributed by atoms with Crippen LogP contribution >= 0.6 is 0 Å². The molecule has 1 aromatic carbocycles. The number of anilines is 1. The Balaban J connectivity index is 1.59. The highest BCUT2D eigenvalue weighted by Crippen LogP contribution is 2.61. The van der Waals surface area contributed by atoms with E-state index in [-0.39, 0.29) is 0 Å². The molecule has 1 aromatic rings. The van der Waals surface area contributed by atoms with E-state index in [1.54, 1.807) is 0 Å². The molecule has 3 aliphatic carbocycles. The van der Waals surface area contributed by atoms with Crippen LogP contribution in [0.4, 0.5) is 5.69 Å². The van der Waals surface area contributed by atoms with Crippen LogP contribution in [0.15, 0.2) is 24.3 Å². The van der Waals surface area contributed by atoms with Crippen LogP contribution in [0, 0.1) is 30.1 Å². The summed E-state index contributed by atoms with van der Waals surface area (Å²) in [6.07, 6.45) is 4.36. The molecule has 0 saturated heterocycles. The van der Waals surface area contributed by atoms with E-state index in [1.165, 1.54) is 30.5 Å². The van der Waals surface area contributed by atoms with Crippen molar-refractivity contribution in [3.05, 3.63) is 29.8 Å². The number of aryl methyl sites for hydroxylation is 1. The molecule has 0 aliphatic heterocycles. The van der Waals surface area contributed by atoms with E-state index < -0.39 is 0 Å². The van der Waals surface area contributed by atoms with E-state index in [0.29, 0.717) is 5.41 Å². The first-order chi connectivity index (χ1) is 8.57. The van der Waals surface area contributed by atoms with Crippen molar-refractivity contribution in [3.8, 4) is 0 Å². The minimum atomic E-state index is 0.609. The van der Waals surface area contributed by atoms with Crippen LogP contribution in [0.25, 0.3) is 0 Å². The molecule has 18 heavy (non-hydrogen) atoms. The summed E-state index contributed by atoms with van der Waals surface area (Å²) in [5.74, 6) is 2.85. The van der Waals surface area contributed by atoms with Crippen molar-refractivity contribution in [2.75, 3.05) is 11.9 Å². The maximum atomic E-state index is 3.63. The summed E-state index contributed by atoms with van der Waals surface area (Å²) in [4.78, 5) is 0. The van der Waals surface area contributed by atoms with Gasteiger partial charge in [-0.1, -0.05) is 31.5 Å². The van der Waals surface area contributed by atoms with Crippen LogP contribution in [-0.2, 0) is 0 Å². The third-order valence-corrected chi connectivity index (χ3v) is 5.62. The Morgan fingerprint density at radius 1 is 1.17 bits per heavy atom. The smallest absolute Gasteiger partial charge is 0.0340 e. The average Bonchev–Trinajstić information content (AvgIpc) is 2.38. The third-order valence-electron chi connectivity index (χ3n) is 5.62. The monoisotopic (exact) mass is 243 g/mol. The summed E-state index contributed by atoms with van der Waals surface area (Å²) in [6, 6.07) is 8.78. The van der Waals surface area contributed by atoms with E-state index >= 15 is 0 Å². The van der Waals surface area contributed by atoms with Crippen LogP contribution in [0.1, 0.15) is 38.7 Å². The molecule has 0 amide bonds. The van der Waals surface area contributed by atoms with E-state index in [1.807, 2.05) is 0 Å². The van der Waals surface area contributed by atoms with E-state index in [2.05, 4.69) is 50.4 Å². The van der Waals surface area contributed by atoms with Crippen molar-refractivity contribution in [1.82, 2.24) is 0 Å². The fourth-order valence-electron chi connectivity index (χ4n) is 4.13. The van der Waals surface area contributed by atoms with Crippen LogP contribution in [-0.4, -0.2) is 6.54 Å². The Bertz CT molecular complexity index is 416. The molecule has 0 radical (unpaired) electrons. The molecule has 4 rings (SSSR count). The molecule has 3 unspecified atom stereocenters. The Hall–Kier alpha value is -0.980. The summed E-state index contributed by atoms with van der Waals surface area (Å²) in [5.41, 5.74) is 3.22. The highest BCUT2D eigenvalue weighted by atomic mass is 14.9. The van der Waals surface area contributed by atoms with Gasteiger partial charge in [-0.2, -0.15) is 0 Å². The molecule has 3 saturated carbocycles. The summed E-state index contributed by atoms with van der Waals surface area (Å²) in [7, 11) is 0. The Kier molecular flexibility index (Phi) is 2.88. The maximum absolute atomic E-state index is 3.63. The van der Waals surface area contributed by atoms with Crippen molar-refractivity contribution in [3.63, 3.8) is 0 Å². The van der Waals surface area contributed by atoms with Gasteiger partial charge in [-0.15, -0.1) is 0 Å². The number of benzene rings is 1. The molecular formula is C17H25N. The number of fused-ring (bicyclic) bond motifs is 2. The molecule has 98 valence electrons. The molecule has 3 fully saturated rings. The zero-order valence-corrected chi connectivity index (χ0v) is 11.9. The van der Waals surface area contributed by atoms with Gasteiger partial charge in [0.05, 0.1) is 0 Å². The van der Waals surface area contributed by atoms with Crippen LogP contribution in [0.3, 0.4) is 0 Å². The third kappa shape index (κ3) is 1.94. The second kappa shape index (κ2) is 4.29. The van der Waals surface area contributed by atoms with Crippen LogP contribution in [0.2, 0.25) is 0 Å². The molecule has 1 heteroatoms. The fraction of sp³-hybridized carbons (Fsp3) is 0.647. The standard InChI is InChI=1S/C17H25N/c1-12-4-8-15(9-5-12)18-11-13-6-7-14-10-16(13)17(14,2)3/h4-5,8-9,13-14,16,18H,6-7,10-11H2,1-3H3. The topological polar surface area (TPSA) is 12.0 Å². The minimum absolute atomic E-state index is 0.609. The average molecular weight is 243 g/mol. The van der Waals surface area contributed by atoms with Crippen molar-refractivity contribution in [1.29, 1.82) is 0 Å². The molecule has 1 nitrogen and oxygen atoms in total. The molecule has 3 atom stereocenters. The highest BCUT2D eigenvalue weighted by Gasteiger charge is 2.53. The van der Waals surface area contributed by atoms with Gasteiger partial charge < -0.3 is 5.32 Å². The van der Waals surface area contributed by atoms with Crippen molar-refractivity contribution in [2.24, 2.45) is 23.2 Å². The molecule has 0 aromatic heterocycles. The lowest BCUT2D eigenvalue weighted by molar-refractivity contribution is -0.100. The number of nitrogens with one attached hydrogen (secondary N) is 1. The predicted octanol–water partition coefficient (Wildman–Crippen LogP) is 4.48. The van der Waals surface area contributed by atoms with Crippen molar-refractivity contribution >= 4 is 5.69 Å². The van der Waals surface area contributed by atoms with Gasteiger partial charge >= 0.3 is 0 Å². The quantitative estimate of drug-likeness (QED) is 0.825. The Morgan fingerprint density at radius 3 is 2.50 bits per heavy atom. The molecule has 0 heterocycles. The van der Waals surface area contributed by atoms with Crippen LogP contribution < -0.4 is 5.32 Å². The Morgan fingerprint density at radius 2 is 1.89 bits per heavy atom. The molecular weight excluding hydrogens is 218 g/mol. The van der Waals surface area contributed by atoms with Gasteiger partial charge in [0.1, 0.15) is 0 Å². The van der Waals surface area contributed by atoms with Gasteiger partial charge in [-0.3, -0.25) is 0 Å². The van der Waals surface area contributed by atoms with E-state index in [4.69, 9.17) is 0 Å². The first kappa shape index (κ1) is 12.1. The van der Waals surface area contributed by atoms with Crippen molar-refractivity contribution < 1.29 is 0 Å². The van der Waals surface area contributed by atoms with E-state index in [9.17, 15) is 0 Å².